The van der Waals surface area contributed by atoms with Gasteiger partial charge in [0.2, 0.25) is 12.3 Å². The van der Waals surface area contributed by atoms with Crippen molar-refractivity contribution in [1.29, 1.82) is 0 Å². The van der Waals surface area contributed by atoms with Gasteiger partial charge in [-0.05, 0) is 12.5 Å². The number of anilines is 1. The van der Waals surface area contributed by atoms with Gasteiger partial charge in [0.1, 0.15) is 11.5 Å². The molecule has 28 heavy (non-hydrogen) atoms. The van der Waals surface area contributed by atoms with Crippen molar-refractivity contribution in [2.75, 3.05) is 31.6 Å². The van der Waals surface area contributed by atoms with Crippen molar-refractivity contribution in [3.8, 4) is 0 Å². The standard InChI is InChI=1S/C18H19Cl2FN4O3/c1-22-18(28)13(23-9-26)2-3-15(27)24-4-5-25-10(8-24)6-11-14(25)7-12(19)16(20)17(11)21/h7,9-10H,2-6,8H2,1H3,(H,22,28)/b23-13-. The lowest BCUT2D eigenvalue weighted by atomic mass is 10.1. The number of piperazine rings is 1. The lowest BCUT2D eigenvalue weighted by Crippen LogP contribution is -2.53. The minimum absolute atomic E-state index is 0.0177. The van der Waals surface area contributed by atoms with Crippen molar-refractivity contribution in [2.45, 2.75) is 25.3 Å². The maximum Gasteiger partial charge on any atom is 0.265 e. The quantitative estimate of drug-likeness (QED) is 0.440. The van der Waals surface area contributed by atoms with Crippen molar-refractivity contribution in [2.24, 2.45) is 4.99 Å². The fourth-order valence-electron chi connectivity index (χ4n) is 3.71. The highest BCUT2D eigenvalue weighted by Gasteiger charge is 2.38. The molecular formula is C18H19Cl2FN4O3. The normalized spacial score (nSPS) is 18.6. The maximum atomic E-state index is 14.4. The van der Waals surface area contributed by atoms with Crippen LogP contribution in [0.1, 0.15) is 18.4 Å². The average Bonchev–Trinajstić information content (AvgIpc) is 3.06. The first kappa shape index (κ1) is 20.5. The zero-order chi connectivity index (χ0) is 20.4. The van der Waals surface area contributed by atoms with Gasteiger partial charge in [-0.1, -0.05) is 23.2 Å². The molecule has 2 aliphatic heterocycles. The van der Waals surface area contributed by atoms with Gasteiger partial charge in [0, 0.05) is 50.8 Å². The number of hydrogen-bond donors (Lipinski definition) is 1. The molecule has 1 aromatic carbocycles. The van der Waals surface area contributed by atoms with Gasteiger partial charge in [-0.3, -0.25) is 14.4 Å². The first-order valence-corrected chi connectivity index (χ1v) is 9.56. The van der Waals surface area contributed by atoms with E-state index in [1.165, 1.54) is 7.05 Å². The van der Waals surface area contributed by atoms with Gasteiger partial charge < -0.3 is 15.1 Å². The van der Waals surface area contributed by atoms with Gasteiger partial charge >= 0.3 is 0 Å². The van der Waals surface area contributed by atoms with E-state index in [1.807, 2.05) is 4.90 Å². The SMILES string of the molecule is CNC(=O)/C(CCC(=O)N1CCN2c3cc(Cl)c(Cl)c(F)c3CC2C1)=N\C=O. The molecule has 1 unspecified atom stereocenters. The minimum atomic E-state index is -0.503. The Morgan fingerprint density at radius 3 is 2.79 bits per heavy atom. The number of fused-ring (bicyclic) bond motifs is 3. The molecule has 0 radical (unpaired) electrons. The zero-order valence-corrected chi connectivity index (χ0v) is 16.7. The van der Waals surface area contributed by atoms with Crippen LogP contribution in [0.4, 0.5) is 10.1 Å². The summed E-state index contributed by atoms with van der Waals surface area (Å²) in [4.78, 5) is 42.0. The second-order valence-corrected chi connectivity index (χ2v) is 7.42. The van der Waals surface area contributed by atoms with Gasteiger partial charge in [-0.15, -0.1) is 0 Å². The molecule has 10 heteroatoms. The van der Waals surface area contributed by atoms with Crippen LogP contribution in [-0.4, -0.2) is 61.6 Å². The minimum Gasteiger partial charge on any atom is -0.364 e. The highest BCUT2D eigenvalue weighted by Crippen LogP contribution is 2.41. The van der Waals surface area contributed by atoms with Crippen molar-refractivity contribution in [3.63, 3.8) is 0 Å². The number of halogens is 3. The average molecular weight is 429 g/mol. The van der Waals surface area contributed by atoms with Crippen LogP contribution in [0.15, 0.2) is 11.1 Å². The second-order valence-electron chi connectivity index (χ2n) is 6.64. The van der Waals surface area contributed by atoms with Crippen LogP contribution in [0.3, 0.4) is 0 Å². The summed E-state index contributed by atoms with van der Waals surface area (Å²) >= 11 is 11.9. The van der Waals surface area contributed by atoms with Gasteiger partial charge in [-0.2, -0.15) is 0 Å². The third-order valence-electron chi connectivity index (χ3n) is 5.10. The molecule has 0 saturated carbocycles. The maximum absolute atomic E-state index is 14.4. The molecule has 150 valence electrons. The summed E-state index contributed by atoms with van der Waals surface area (Å²) < 4.78 is 14.4. The Morgan fingerprint density at radius 1 is 1.36 bits per heavy atom. The van der Waals surface area contributed by atoms with E-state index in [0.29, 0.717) is 31.6 Å². The highest BCUT2D eigenvalue weighted by atomic mass is 35.5. The van der Waals surface area contributed by atoms with Crippen LogP contribution >= 0.6 is 23.2 Å². The Balaban J connectivity index is 1.65. The largest absolute Gasteiger partial charge is 0.364 e. The molecule has 0 spiro atoms. The number of amides is 3. The molecule has 2 heterocycles. The summed E-state index contributed by atoms with van der Waals surface area (Å²) in [6.07, 6.45) is 0.861. The zero-order valence-electron chi connectivity index (χ0n) is 15.2. The summed E-state index contributed by atoms with van der Waals surface area (Å²) in [6.45, 7) is 1.45. The van der Waals surface area contributed by atoms with Crippen molar-refractivity contribution in [1.82, 2.24) is 10.2 Å². The van der Waals surface area contributed by atoms with E-state index >= 15 is 0 Å². The van der Waals surface area contributed by atoms with E-state index < -0.39 is 11.7 Å². The third kappa shape index (κ3) is 3.84. The summed E-state index contributed by atoms with van der Waals surface area (Å²) in [6, 6.07) is 1.62. The summed E-state index contributed by atoms with van der Waals surface area (Å²) in [5.41, 5.74) is 1.27. The lowest BCUT2D eigenvalue weighted by Gasteiger charge is -2.39. The highest BCUT2D eigenvalue weighted by molar-refractivity contribution is 6.42. The van der Waals surface area contributed by atoms with Gasteiger partial charge in [0.25, 0.3) is 5.91 Å². The van der Waals surface area contributed by atoms with Crippen molar-refractivity contribution in [3.05, 3.63) is 27.5 Å². The molecule has 1 N–H and O–H groups in total. The first-order chi connectivity index (χ1) is 13.4. The van der Waals surface area contributed by atoms with Crippen LogP contribution in [0.25, 0.3) is 0 Å². The molecule has 3 rings (SSSR count). The van der Waals surface area contributed by atoms with Gasteiger partial charge in [-0.25, -0.2) is 9.38 Å². The topological polar surface area (TPSA) is 82.1 Å². The number of rotatable bonds is 5. The van der Waals surface area contributed by atoms with Crippen LogP contribution in [0.2, 0.25) is 10.0 Å². The molecule has 1 atom stereocenters. The van der Waals surface area contributed by atoms with E-state index in [9.17, 15) is 18.8 Å². The Kier molecular flexibility index (Phi) is 6.20. The number of nitrogens with one attached hydrogen (secondary N) is 1. The Bertz CT molecular complexity index is 862. The third-order valence-corrected chi connectivity index (χ3v) is 5.86. The molecule has 2 aliphatic rings. The van der Waals surface area contributed by atoms with Crippen LogP contribution < -0.4 is 10.2 Å². The lowest BCUT2D eigenvalue weighted by molar-refractivity contribution is -0.131. The number of hydrogen-bond acceptors (Lipinski definition) is 4. The molecule has 0 bridgehead atoms. The van der Waals surface area contributed by atoms with E-state index in [1.54, 1.807) is 11.0 Å². The monoisotopic (exact) mass is 428 g/mol. The Labute approximate surface area is 171 Å². The van der Waals surface area contributed by atoms with Crippen LogP contribution in [0, 0.1) is 5.82 Å². The molecular weight excluding hydrogens is 410 g/mol. The van der Waals surface area contributed by atoms with Crippen LogP contribution in [-0.2, 0) is 20.8 Å². The number of carbonyl (C=O) groups excluding carboxylic acids is 3. The summed E-state index contributed by atoms with van der Waals surface area (Å²) in [5, 5.41) is 2.49. The second kappa shape index (κ2) is 8.45. The molecule has 3 amide bonds. The molecule has 1 aromatic rings. The van der Waals surface area contributed by atoms with E-state index in [0.717, 1.165) is 5.69 Å². The molecule has 0 aromatic heterocycles. The van der Waals surface area contributed by atoms with Crippen molar-refractivity contribution < 1.29 is 18.8 Å². The molecule has 1 fully saturated rings. The summed E-state index contributed by atoms with van der Waals surface area (Å²) in [7, 11) is 1.43. The van der Waals surface area contributed by atoms with E-state index in [2.05, 4.69) is 10.3 Å². The molecule has 7 nitrogen and oxygen atoms in total. The first-order valence-electron chi connectivity index (χ1n) is 8.80. The van der Waals surface area contributed by atoms with Gasteiger partial charge in [0.15, 0.2) is 0 Å². The molecule has 1 saturated heterocycles. The predicted octanol–water partition coefficient (Wildman–Crippen LogP) is 1.83. The number of nitrogens with zero attached hydrogens (tertiary/aromatic N) is 3. The number of carbonyl (C=O) groups is 3. The summed E-state index contributed by atoms with van der Waals surface area (Å²) in [5.74, 6) is -1.13. The van der Waals surface area contributed by atoms with E-state index in [4.69, 9.17) is 23.2 Å². The van der Waals surface area contributed by atoms with Crippen LogP contribution in [0.5, 0.6) is 0 Å². The fourth-order valence-corrected chi connectivity index (χ4v) is 4.06. The smallest absolute Gasteiger partial charge is 0.265 e. The Morgan fingerprint density at radius 2 is 2.11 bits per heavy atom. The van der Waals surface area contributed by atoms with Crippen molar-refractivity contribution >= 4 is 52.8 Å². The fraction of sp³-hybridized carbons (Fsp3) is 0.444. The number of aliphatic imine (C=N–C) groups is 1. The van der Waals surface area contributed by atoms with E-state index in [-0.39, 0.29) is 47.0 Å². The Hall–Kier alpha value is -2.19. The predicted molar refractivity (Wildman–Crippen MR) is 105 cm³/mol. The molecule has 0 aliphatic carbocycles. The number of benzene rings is 1. The van der Waals surface area contributed by atoms with Gasteiger partial charge in [0.05, 0.1) is 16.1 Å².